The van der Waals surface area contributed by atoms with E-state index < -0.39 is 0 Å². The van der Waals surface area contributed by atoms with Crippen LogP contribution in [0.2, 0.25) is 0 Å². The number of aromatic nitrogens is 2. The number of benzene rings is 1. The first-order chi connectivity index (χ1) is 10.7. The number of nitrogen functional groups attached to an aromatic ring is 1. The van der Waals surface area contributed by atoms with Crippen molar-refractivity contribution >= 4 is 11.3 Å². The largest absolute Gasteiger partial charge is 0.492 e. The molecule has 0 bridgehead atoms. The second-order valence-corrected chi connectivity index (χ2v) is 4.85. The summed E-state index contributed by atoms with van der Waals surface area (Å²) in [6.07, 6.45) is 3.92. The van der Waals surface area contributed by atoms with E-state index in [4.69, 9.17) is 15.2 Å². The van der Waals surface area contributed by atoms with Crippen molar-refractivity contribution in [1.29, 1.82) is 0 Å². The Labute approximate surface area is 129 Å². The summed E-state index contributed by atoms with van der Waals surface area (Å²) in [4.78, 5) is 4.66. The zero-order valence-electron chi connectivity index (χ0n) is 12.7. The first-order valence-corrected chi connectivity index (χ1v) is 7.36. The molecule has 3 rings (SSSR count). The van der Waals surface area contributed by atoms with E-state index in [1.807, 2.05) is 61.0 Å². The number of rotatable bonds is 5. The number of anilines is 1. The fourth-order valence-electron chi connectivity index (χ4n) is 2.39. The van der Waals surface area contributed by atoms with Crippen molar-refractivity contribution in [3.63, 3.8) is 0 Å². The molecular weight excluding hydrogens is 278 g/mol. The maximum absolute atomic E-state index is 6.03. The molecule has 0 amide bonds. The highest BCUT2D eigenvalue weighted by Crippen LogP contribution is 2.29. The summed E-state index contributed by atoms with van der Waals surface area (Å²) in [6.45, 7) is 5.10. The highest BCUT2D eigenvalue weighted by atomic mass is 16.5. The standard InChI is InChI=1S/C17H19N3O2/c1-3-21-15-8-7-12(10-13(15)18)14-11-20-9-5-6-16(22-4-2)17(20)19-14/h5-11H,3-4,18H2,1-2H3. The monoisotopic (exact) mass is 297 g/mol. The number of hydrogen-bond donors (Lipinski definition) is 1. The van der Waals surface area contributed by atoms with Crippen LogP contribution in [0.1, 0.15) is 13.8 Å². The molecule has 0 spiro atoms. The lowest BCUT2D eigenvalue weighted by molar-refractivity contribution is 0.342. The van der Waals surface area contributed by atoms with Gasteiger partial charge in [-0.15, -0.1) is 0 Å². The Balaban J connectivity index is 2.03. The molecule has 5 nitrogen and oxygen atoms in total. The highest BCUT2D eigenvalue weighted by Gasteiger charge is 2.10. The summed E-state index contributed by atoms with van der Waals surface area (Å²) in [6, 6.07) is 9.58. The van der Waals surface area contributed by atoms with Crippen LogP contribution in [0.4, 0.5) is 5.69 Å². The van der Waals surface area contributed by atoms with Crippen LogP contribution in [0, 0.1) is 0 Å². The summed E-state index contributed by atoms with van der Waals surface area (Å²) in [5, 5.41) is 0. The minimum atomic E-state index is 0.593. The zero-order chi connectivity index (χ0) is 15.5. The third-order valence-corrected chi connectivity index (χ3v) is 3.35. The molecule has 0 unspecified atom stereocenters. The van der Waals surface area contributed by atoms with E-state index in [1.54, 1.807) is 0 Å². The highest BCUT2D eigenvalue weighted by molar-refractivity contribution is 5.71. The lowest BCUT2D eigenvalue weighted by Crippen LogP contribution is -1.96. The van der Waals surface area contributed by atoms with Gasteiger partial charge in [-0.1, -0.05) is 0 Å². The molecule has 2 aromatic heterocycles. The van der Waals surface area contributed by atoms with Crippen LogP contribution in [0.5, 0.6) is 11.5 Å². The molecule has 0 atom stereocenters. The minimum absolute atomic E-state index is 0.593. The number of imidazole rings is 1. The number of fused-ring (bicyclic) bond motifs is 1. The normalized spacial score (nSPS) is 10.8. The van der Waals surface area contributed by atoms with Gasteiger partial charge in [-0.3, -0.25) is 0 Å². The Kier molecular flexibility index (Phi) is 3.87. The molecule has 3 aromatic rings. The molecular formula is C17H19N3O2. The van der Waals surface area contributed by atoms with Gasteiger partial charge in [-0.25, -0.2) is 4.98 Å². The van der Waals surface area contributed by atoms with E-state index in [9.17, 15) is 0 Å². The van der Waals surface area contributed by atoms with Crippen LogP contribution < -0.4 is 15.2 Å². The molecule has 0 fully saturated rings. The van der Waals surface area contributed by atoms with Crippen LogP contribution in [0.15, 0.2) is 42.7 Å². The number of nitrogens with two attached hydrogens (primary N) is 1. The summed E-state index contributed by atoms with van der Waals surface area (Å²) >= 11 is 0. The van der Waals surface area contributed by atoms with Crippen LogP contribution in [0.3, 0.4) is 0 Å². The average molecular weight is 297 g/mol. The predicted octanol–water partition coefficient (Wildman–Crippen LogP) is 3.38. The Morgan fingerprint density at radius 1 is 1.09 bits per heavy atom. The van der Waals surface area contributed by atoms with E-state index in [1.165, 1.54) is 0 Å². The molecule has 0 aliphatic rings. The van der Waals surface area contributed by atoms with Crippen molar-refractivity contribution in [2.24, 2.45) is 0 Å². The van der Waals surface area contributed by atoms with Gasteiger partial charge in [0.2, 0.25) is 0 Å². The third-order valence-electron chi connectivity index (χ3n) is 3.35. The van der Waals surface area contributed by atoms with E-state index in [-0.39, 0.29) is 0 Å². The van der Waals surface area contributed by atoms with Crippen molar-refractivity contribution in [3.8, 4) is 22.8 Å². The minimum Gasteiger partial charge on any atom is -0.492 e. The van der Waals surface area contributed by atoms with Crippen molar-refractivity contribution in [2.45, 2.75) is 13.8 Å². The first kappa shape index (κ1) is 14.3. The Morgan fingerprint density at radius 2 is 1.86 bits per heavy atom. The maximum atomic E-state index is 6.03. The quantitative estimate of drug-likeness (QED) is 0.733. The lowest BCUT2D eigenvalue weighted by atomic mass is 10.1. The average Bonchev–Trinajstić information content (AvgIpc) is 2.95. The van der Waals surface area contributed by atoms with Gasteiger partial charge in [-0.2, -0.15) is 0 Å². The van der Waals surface area contributed by atoms with Gasteiger partial charge in [0.1, 0.15) is 5.75 Å². The summed E-state index contributed by atoms with van der Waals surface area (Å²) < 4.78 is 13.0. The third kappa shape index (κ3) is 2.57. The van der Waals surface area contributed by atoms with Gasteiger partial charge >= 0.3 is 0 Å². The topological polar surface area (TPSA) is 61.8 Å². The number of nitrogens with zero attached hydrogens (tertiary/aromatic N) is 2. The summed E-state index contributed by atoms with van der Waals surface area (Å²) in [5.41, 5.74) is 9.24. The summed E-state index contributed by atoms with van der Waals surface area (Å²) in [5.74, 6) is 1.47. The molecule has 2 heterocycles. The van der Waals surface area contributed by atoms with E-state index in [0.29, 0.717) is 24.7 Å². The Morgan fingerprint density at radius 3 is 2.59 bits per heavy atom. The number of pyridine rings is 1. The molecule has 0 saturated heterocycles. The number of hydrogen-bond acceptors (Lipinski definition) is 4. The van der Waals surface area contributed by atoms with Crippen LogP contribution in [-0.4, -0.2) is 22.6 Å². The predicted molar refractivity (Wildman–Crippen MR) is 87.4 cm³/mol. The molecule has 1 aromatic carbocycles. The van der Waals surface area contributed by atoms with Gasteiger partial charge < -0.3 is 19.6 Å². The summed E-state index contributed by atoms with van der Waals surface area (Å²) in [7, 11) is 0. The first-order valence-electron chi connectivity index (χ1n) is 7.36. The zero-order valence-corrected chi connectivity index (χ0v) is 12.7. The second-order valence-electron chi connectivity index (χ2n) is 4.85. The van der Waals surface area contributed by atoms with Crippen molar-refractivity contribution in [1.82, 2.24) is 9.38 Å². The van der Waals surface area contributed by atoms with Gasteiger partial charge in [0.15, 0.2) is 11.4 Å². The van der Waals surface area contributed by atoms with Gasteiger partial charge in [0, 0.05) is 18.0 Å². The SMILES string of the molecule is CCOc1ccc(-c2cn3cccc(OCC)c3n2)cc1N. The molecule has 0 aliphatic heterocycles. The molecule has 0 aliphatic carbocycles. The maximum Gasteiger partial charge on any atom is 0.180 e. The molecule has 0 saturated carbocycles. The fraction of sp³-hybridized carbons (Fsp3) is 0.235. The van der Waals surface area contributed by atoms with Gasteiger partial charge in [0.25, 0.3) is 0 Å². The molecule has 5 heteroatoms. The van der Waals surface area contributed by atoms with Crippen LogP contribution >= 0.6 is 0 Å². The Bertz CT molecular complexity index is 796. The Hall–Kier alpha value is -2.69. The van der Waals surface area contributed by atoms with Gasteiger partial charge in [-0.05, 0) is 44.2 Å². The van der Waals surface area contributed by atoms with Crippen molar-refractivity contribution in [2.75, 3.05) is 18.9 Å². The lowest BCUT2D eigenvalue weighted by Gasteiger charge is -2.07. The van der Waals surface area contributed by atoms with E-state index in [0.717, 1.165) is 22.7 Å². The fourth-order valence-corrected chi connectivity index (χ4v) is 2.39. The van der Waals surface area contributed by atoms with E-state index in [2.05, 4.69) is 4.98 Å². The van der Waals surface area contributed by atoms with Crippen molar-refractivity contribution in [3.05, 3.63) is 42.7 Å². The molecule has 0 radical (unpaired) electrons. The van der Waals surface area contributed by atoms with Crippen LogP contribution in [0.25, 0.3) is 16.9 Å². The smallest absolute Gasteiger partial charge is 0.180 e. The second kappa shape index (κ2) is 5.97. The van der Waals surface area contributed by atoms with Gasteiger partial charge in [0.05, 0.1) is 24.6 Å². The molecule has 114 valence electrons. The van der Waals surface area contributed by atoms with Crippen LogP contribution in [-0.2, 0) is 0 Å². The molecule has 22 heavy (non-hydrogen) atoms. The van der Waals surface area contributed by atoms with E-state index >= 15 is 0 Å². The number of ether oxygens (including phenoxy) is 2. The van der Waals surface area contributed by atoms with Crippen molar-refractivity contribution < 1.29 is 9.47 Å². The molecule has 2 N–H and O–H groups in total.